The number of hydrogen-bond donors (Lipinski definition) is 0. The maximum absolute atomic E-state index is 3.26. The summed E-state index contributed by atoms with van der Waals surface area (Å²) in [6, 6.07) is 0. The van der Waals surface area contributed by atoms with E-state index in [-0.39, 0.29) is 0 Å². The molecule has 0 aliphatic heterocycles. The van der Waals surface area contributed by atoms with Gasteiger partial charge in [0.15, 0.2) is 0 Å². The first-order valence-electron chi connectivity index (χ1n) is 2.12. The molecule has 0 aromatic rings. The van der Waals surface area contributed by atoms with E-state index in [0.29, 0.717) is 0 Å². The fourth-order valence-corrected chi connectivity index (χ4v) is 0.494. The van der Waals surface area contributed by atoms with Crippen molar-refractivity contribution >= 4 is 15.9 Å². The molecule has 0 nitrogen and oxygen atoms in total. The van der Waals surface area contributed by atoms with Gasteiger partial charge in [0.1, 0.15) is 0 Å². The van der Waals surface area contributed by atoms with Gasteiger partial charge in [-0.05, 0) is 6.42 Å². The van der Waals surface area contributed by atoms with Gasteiger partial charge in [0.25, 0.3) is 0 Å². The number of allylic oxidation sites excluding steroid dienone is 2. The van der Waals surface area contributed by atoms with Crippen LogP contribution in [0.4, 0.5) is 0 Å². The van der Waals surface area contributed by atoms with Crippen LogP contribution in [0.1, 0.15) is 13.3 Å². The zero-order chi connectivity index (χ0) is 4.83. The third-order valence-corrected chi connectivity index (χ3v) is 0.865. The molecule has 6 heavy (non-hydrogen) atoms. The Balaban J connectivity index is 2.73. The molecular weight excluding hydrogens is 140 g/mol. The van der Waals surface area contributed by atoms with Gasteiger partial charge in [0.05, 0.1) is 0 Å². The summed E-state index contributed by atoms with van der Waals surface area (Å²) in [5.41, 5.74) is 0. The van der Waals surface area contributed by atoms with E-state index in [2.05, 4.69) is 35.0 Å². The highest BCUT2D eigenvalue weighted by molar-refractivity contribution is 9.09. The first-order valence-corrected chi connectivity index (χ1v) is 3.25. The van der Waals surface area contributed by atoms with Crippen molar-refractivity contribution in [1.29, 1.82) is 0 Å². The summed E-state index contributed by atoms with van der Waals surface area (Å²) >= 11 is 3.26. The lowest BCUT2D eigenvalue weighted by molar-refractivity contribution is 1.22. The maximum Gasteiger partial charge on any atom is 0.0212 e. The lowest BCUT2D eigenvalue weighted by Gasteiger charge is -1.71. The highest BCUT2D eigenvalue weighted by Gasteiger charge is 1.61. The van der Waals surface area contributed by atoms with Gasteiger partial charge in [-0.25, -0.2) is 0 Å². The van der Waals surface area contributed by atoms with Crippen LogP contribution in [-0.4, -0.2) is 5.33 Å². The SMILES string of the molecule is CC/C=C\CBr. The zero-order valence-corrected chi connectivity index (χ0v) is 5.53. The van der Waals surface area contributed by atoms with Crippen LogP contribution in [0.15, 0.2) is 12.2 Å². The van der Waals surface area contributed by atoms with Gasteiger partial charge < -0.3 is 0 Å². The highest BCUT2D eigenvalue weighted by Crippen LogP contribution is 1.83. The quantitative estimate of drug-likeness (QED) is 0.417. The topological polar surface area (TPSA) is 0 Å². The summed E-state index contributed by atoms with van der Waals surface area (Å²) in [7, 11) is 0. The van der Waals surface area contributed by atoms with Crippen molar-refractivity contribution in [2.24, 2.45) is 0 Å². The number of alkyl halides is 1. The monoisotopic (exact) mass is 148 g/mol. The van der Waals surface area contributed by atoms with E-state index in [4.69, 9.17) is 0 Å². The van der Waals surface area contributed by atoms with E-state index < -0.39 is 0 Å². The first-order chi connectivity index (χ1) is 2.91. The molecule has 0 amide bonds. The van der Waals surface area contributed by atoms with E-state index in [1.165, 1.54) is 0 Å². The van der Waals surface area contributed by atoms with Crippen LogP contribution in [0.25, 0.3) is 0 Å². The van der Waals surface area contributed by atoms with Gasteiger partial charge in [-0.3, -0.25) is 0 Å². The van der Waals surface area contributed by atoms with Crippen LogP contribution < -0.4 is 0 Å². The molecule has 36 valence electrons. The Bertz CT molecular complexity index is 33.2. The third kappa shape index (κ3) is 4.22. The molecule has 0 bridgehead atoms. The Hall–Kier alpha value is 0.220. The molecule has 0 unspecified atom stereocenters. The van der Waals surface area contributed by atoms with Gasteiger partial charge in [0.2, 0.25) is 0 Å². The second kappa shape index (κ2) is 5.22. The zero-order valence-electron chi connectivity index (χ0n) is 3.95. The van der Waals surface area contributed by atoms with Gasteiger partial charge in [-0.2, -0.15) is 0 Å². The van der Waals surface area contributed by atoms with E-state index in [1.54, 1.807) is 0 Å². The van der Waals surface area contributed by atoms with Crippen molar-refractivity contribution in [2.75, 3.05) is 5.33 Å². The minimum Gasteiger partial charge on any atom is -0.0883 e. The Morgan fingerprint density at radius 3 is 2.33 bits per heavy atom. The summed E-state index contributed by atoms with van der Waals surface area (Å²) in [5.74, 6) is 0. The van der Waals surface area contributed by atoms with Crippen molar-refractivity contribution in [3.63, 3.8) is 0 Å². The molecule has 0 aliphatic carbocycles. The van der Waals surface area contributed by atoms with Gasteiger partial charge in [0, 0.05) is 5.33 Å². The molecule has 0 aromatic heterocycles. The molecule has 0 saturated carbocycles. The third-order valence-electron chi connectivity index (χ3n) is 0.491. The summed E-state index contributed by atoms with van der Waals surface area (Å²) in [6.07, 6.45) is 5.38. The number of halogens is 1. The van der Waals surface area contributed by atoms with Crippen LogP contribution in [-0.2, 0) is 0 Å². The minimum atomic E-state index is 0.987. The molecule has 0 saturated heterocycles. The smallest absolute Gasteiger partial charge is 0.0212 e. The van der Waals surface area contributed by atoms with Crippen molar-refractivity contribution < 1.29 is 0 Å². The van der Waals surface area contributed by atoms with E-state index in [9.17, 15) is 0 Å². The molecule has 0 aliphatic rings. The Morgan fingerprint density at radius 1 is 1.50 bits per heavy atom. The molecular formula is C5H9Br. The Kier molecular flexibility index (Phi) is 5.41. The summed E-state index contributed by atoms with van der Waals surface area (Å²) < 4.78 is 0. The van der Waals surface area contributed by atoms with Crippen LogP contribution in [0.5, 0.6) is 0 Å². The lowest BCUT2D eigenvalue weighted by Crippen LogP contribution is -1.55. The predicted octanol–water partition coefficient (Wildman–Crippen LogP) is 2.35. The molecule has 0 heterocycles. The number of rotatable bonds is 2. The second-order valence-corrected chi connectivity index (χ2v) is 1.68. The van der Waals surface area contributed by atoms with Crippen molar-refractivity contribution in [3.8, 4) is 0 Å². The Labute approximate surface area is 47.4 Å². The van der Waals surface area contributed by atoms with Crippen LogP contribution in [0, 0.1) is 0 Å². The van der Waals surface area contributed by atoms with Crippen LogP contribution >= 0.6 is 15.9 Å². The first kappa shape index (κ1) is 6.22. The molecule has 0 fully saturated rings. The highest BCUT2D eigenvalue weighted by atomic mass is 79.9. The molecule has 0 spiro atoms. The fourth-order valence-electron chi connectivity index (χ4n) is 0.230. The van der Waals surface area contributed by atoms with Gasteiger partial charge in [-0.15, -0.1) is 0 Å². The van der Waals surface area contributed by atoms with Crippen molar-refractivity contribution in [2.45, 2.75) is 13.3 Å². The summed E-state index contributed by atoms with van der Waals surface area (Å²) in [5, 5.41) is 0.987. The van der Waals surface area contributed by atoms with Crippen LogP contribution in [0.2, 0.25) is 0 Å². The van der Waals surface area contributed by atoms with Gasteiger partial charge >= 0.3 is 0 Å². The number of hydrogen-bond acceptors (Lipinski definition) is 0. The minimum absolute atomic E-state index is 0.987. The van der Waals surface area contributed by atoms with Crippen molar-refractivity contribution in [1.82, 2.24) is 0 Å². The standard InChI is InChI=1S/C5H9Br/c1-2-3-4-5-6/h3-4H,2,5H2,1H3/b4-3-. The normalized spacial score (nSPS) is 10.3. The largest absolute Gasteiger partial charge is 0.0883 e. The molecule has 0 radical (unpaired) electrons. The van der Waals surface area contributed by atoms with Gasteiger partial charge in [-0.1, -0.05) is 35.0 Å². The molecule has 0 rings (SSSR count). The molecule has 0 N–H and O–H groups in total. The van der Waals surface area contributed by atoms with E-state index >= 15 is 0 Å². The Morgan fingerprint density at radius 2 is 2.17 bits per heavy atom. The molecule has 0 atom stereocenters. The van der Waals surface area contributed by atoms with E-state index in [0.717, 1.165) is 11.8 Å². The average Bonchev–Trinajstić information content (AvgIpc) is 1.61. The van der Waals surface area contributed by atoms with Crippen molar-refractivity contribution in [3.05, 3.63) is 12.2 Å². The second-order valence-electron chi connectivity index (χ2n) is 1.03. The lowest BCUT2D eigenvalue weighted by atomic mass is 10.4. The predicted molar refractivity (Wildman–Crippen MR) is 33.2 cm³/mol. The maximum atomic E-state index is 3.26. The fraction of sp³-hybridized carbons (Fsp3) is 0.600. The van der Waals surface area contributed by atoms with Crippen LogP contribution in [0.3, 0.4) is 0 Å². The molecule has 1 heteroatoms. The average molecular weight is 149 g/mol. The molecule has 0 aromatic carbocycles. The van der Waals surface area contributed by atoms with E-state index in [1.807, 2.05) is 0 Å². The summed E-state index contributed by atoms with van der Waals surface area (Å²) in [4.78, 5) is 0. The summed E-state index contributed by atoms with van der Waals surface area (Å²) in [6.45, 7) is 2.12.